The van der Waals surface area contributed by atoms with Crippen molar-refractivity contribution in [2.24, 2.45) is 28.8 Å². The van der Waals surface area contributed by atoms with Crippen molar-refractivity contribution in [3.8, 4) is 11.5 Å². The number of unbranched alkanes of at least 4 members (excludes halogenated alkanes) is 11. The van der Waals surface area contributed by atoms with Gasteiger partial charge in [-0.25, -0.2) is 4.79 Å². The lowest BCUT2D eigenvalue weighted by Gasteiger charge is -2.60. The normalized spacial score (nSPS) is 23.1. The third kappa shape index (κ3) is 13.9. The minimum atomic E-state index is -1.39. The third-order valence-corrected chi connectivity index (χ3v) is 16.0. The molecule has 388 valence electrons. The minimum Gasteiger partial charge on any atom is -0.459 e. The number of ether oxygens (including phenoxy) is 3. The maximum Gasteiger partial charge on any atom is 0.412 e. The van der Waals surface area contributed by atoms with E-state index in [1.807, 2.05) is 23.1 Å². The van der Waals surface area contributed by atoms with Gasteiger partial charge in [0.1, 0.15) is 24.7 Å². The molecule has 11 heteroatoms. The number of hydrogen-bond acceptors (Lipinski definition) is 9. The van der Waals surface area contributed by atoms with E-state index >= 15 is 4.79 Å². The van der Waals surface area contributed by atoms with Gasteiger partial charge in [0.15, 0.2) is 0 Å². The van der Waals surface area contributed by atoms with Crippen molar-refractivity contribution < 1.29 is 38.9 Å². The zero-order valence-electron chi connectivity index (χ0n) is 43.1. The van der Waals surface area contributed by atoms with Gasteiger partial charge in [-0.3, -0.25) is 4.79 Å². The second kappa shape index (κ2) is 27.9. The van der Waals surface area contributed by atoms with Gasteiger partial charge in [-0.2, -0.15) is 0 Å². The summed E-state index contributed by atoms with van der Waals surface area (Å²) >= 11 is 0. The summed E-state index contributed by atoms with van der Waals surface area (Å²) in [6, 6.07) is 19.7. The van der Waals surface area contributed by atoms with Gasteiger partial charge in [0.25, 0.3) is 0 Å². The fourth-order valence-electron chi connectivity index (χ4n) is 12.5. The highest BCUT2D eigenvalue weighted by atomic mass is 16.7. The molecular formula is C60H85N3O8. The first-order valence-electron chi connectivity index (χ1n) is 27.7. The second-order valence-electron chi connectivity index (χ2n) is 20.8. The summed E-state index contributed by atoms with van der Waals surface area (Å²) < 4.78 is 20.9. The Hall–Kier alpha value is -4.71. The largest absolute Gasteiger partial charge is 0.459 e. The number of oxime groups is 1. The van der Waals surface area contributed by atoms with Crippen LogP contribution < -0.4 is 14.8 Å². The van der Waals surface area contributed by atoms with Crippen LogP contribution in [-0.2, 0) is 20.9 Å². The molecule has 3 aromatic rings. The smallest absolute Gasteiger partial charge is 0.412 e. The van der Waals surface area contributed by atoms with E-state index in [1.165, 1.54) is 64.2 Å². The number of carbonyl (C=O) groups excluding carboxylic acids is 2. The van der Waals surface area contributed by atoms with Gasteiger partial charge in [-0.05, 0) is 96.4 Å². The highest BCUT2D eigenvalue weighted by Crippen LogP contribution is 2.62. The molecule has 3 aliphatic carbocycles. The summed E-state index contributed by atoms with van der Waals surface area (Å²) in [5.74, 6) is -0.357. The minimum absolute atomic E-state index is 0.0379. The summed E-state index contributed by atoms with van der Waals surface area (Å²) in [6.45, 7) is 7.63. The maximum atomic E-state index is 15.4. The van der Waals surface area contributed by atoms with Crippen molar-refractivity contribution in [2.45, 2.75) is 179 Å². The number of nitrogens with zero attached hydrogens (tertiary/aromatic N) is 2. The number of carbonyl (C=O) groups is 2. The van der Waals surface area contributed by atoms with Crippen molar-refractivity contribution in [1.82, 2.24) is 10.2 Å². The quantitative estimate of drug-likeness (QED) is 0.0341. The highest BCUT2D eigenvalue weighted by Gasteiger charge is 2.65. The summed E-state index contributed by atoms with van der Waals surface area (Å²) in [7, 11) is 1.58. The van der Waals surface area contributed by atoms with E-state index in [1.54, 1.807) is 19.3 Å². The lowest BCUT2D eigenvalue weighted by molar-refractivity contribution is -0.258. The van der Waals surface area contributed by atoms with Gasteiger partial charge in [0.2, 0.25) is 11.7 Å². The topological polar surface area (TPSA) is 139 Å². The van der Waals surface area contributed by atoms with Crippen LogP contribution in [0.5, 0.6) is 11.5 Å². The van der Waals surface area contributed by atoms with Gasteiger partial charge in [-0.1, -0.05) is 163 Å². The average molecular weight is 976 g/mol. The van der Waals surface area contributed by atoms with Gasteiger partial charge in [0, 0.05) is 50.6 Å². The van der Waals surface area contributed by atoms with Crippen LogP contribution in [0.4, 0.5) is 4.79 Å². The summed E-state index contributed by atoms with van der Waals surface area (Å²) in [6.07, 6.45) is 26.7. The third-order valence-electron chi connectivity index (χ3n) is 16.0. The predicted molar refractivity (Wildman–Crippen MR) is 284 cm³/mol. The number of amides is 2. The highest BCUT2D eigenvalue weighted by molar-refractivity contribution is 6.03. The van der Waals surface area contributed by atoms with Crippen molar-refractivity contribution in [3.05, 3.63) is 96.1 Å². The number of aliphatic hydroxyl groups is 2. The lowest BCUT2D eigenvalue weighted by atomic mass is 9.55. The SMILES string of the molecule is C=CCOC12Oc3ccc(OC(=O)NCCCCCCCCCCCC)cc3C3C(CCCCO)C(CCCCO)C=C(C(=NOC)CC1N(Cc1cccc4ccccc14)C(=O)CCC1CCCC1)C32. The van der Waals surface area contributed by atoms with E-state index < -0.39 is 23.8 Å². The molecule has 0 aromatic heterocycles. The molecule has 2 fully saturated rings. The Bertz CT molecular complexity index is 2210. The van der Waals surface area contributed by atoms with Crippen LogP contribution in [0, 0.1) is 23.7 Å². The number of allylic oxidation sites excluding steroid dienone is 1. The Morgan fingerprint density at radius 1 is 0.873 bits per heavy atom. The van der Waals surface area contributed by atoms with Crippen molar-refractivity contribution >= 4 is 28.5 Å². The molecule has 3 aromatic carbocycles. The van der Waals surface area contributed by atoms with Crippen LogP contribution in [0.25, 0.3) is 10.8 Å². The molecule has 7 rings (SSSR count). The number of aliphatic hydroxyl groups excluding tert-OH is 2. The van der Waals surface area contributed by atoms with E-state index in [2.05, 4.69) is 61.3 Å². The van der Waals surface area contributed by atoms with E-state index in [-0.39, 0.29) is 43.5 Å². The van der Waals surface area contributed by atoms with Crippen LogP contribution in [0.1, 0.15) is 172 Å². The molecule has 0 spiro atoms. The number of rotatable bonds is 30. The van der Waals surface area contributed by atoms with Crippen LogP contribution in [0.15, 0.2) is 90.1 Å². The molecular weight excluding hydrogens is 891 g/mol. The number of benzene rings is 3. The Labute approximate surface area is 424 Å². The first-order valence-corrected chi connectivity index (χ1v) is 27.7. The summed E-state index contributed by atoms with van der Waals surface area (Å²) in [5.41, 5.74) is 3.67. The maximum absolute atomic E-state index is 15.4. The number of hydrogen-bond donors (Lipinski definition) is 3. The van der Waals surface area contributed by atoms with E-state index in [0.717, 1.165) is 91.0 Å². The Morgan fingerprint density at radius 3 is 2.32 bits per heavy atom. The molecule has 1 heterocycles. The molecule has 0 saturated heterocycles. The van der Waals surface area contributed by atoms with E-state index in [4.69, 9.17) is 24.2 Å². The molecule has 4 aliphatic rings. The molecule has 3 N–H and O–H groups in total. The van der Waals surface area contributed by atoms with Crippen LogP contribution in [0.3, 0.4) is 0 Å². The Kier molecular flexibility index (Phi) is 21.3. The molecule has 0 bridgehead atoms. The van der Waals surface area contributed by atoms with Crippen LogP contribution in [-0.4, -0.2) is 78.1 Å². The average Bonchev–Trinajstić information content (AvgIpc) is 3.91. The molecule has 1 aliphatic heterocycles. The molecule has 2 amide bonds. The van der Waals surface area contributed by atoms with Crippen molar-refractivity contribution in [3.63, 3.8) is 0 Å². The van der Waals surface area contributed by atoms with Gasteiger partial charge < -0.3 is 39.5 Å². The zero-order valence-corrected chi connectivity index (χ0v) is 43.1. The van der Waals surface area contributed by atoms with Crippen LogP contribution >= 0.6 is 0 Å². The Balaban J connectivity index is 1.27. The fraction of sp³-hybridized carbons (Fsp3) is 0.617. The van der Waals surface area contributed by atoms with Gasteiger partial charge >= 0.3 is 6.09 Å². The standard InChI is InChI=1S/C60H85N3O8/c1-4-6-7-8-9-10-11-12-13-20-36-61-59(67)70-48-33-34-54-52(41-48)57-50(31-19-22-38-65)46(27-18-21-37-64)40-51-53(62-68-3)42-55(60(71-54,58(51)57)69-39-5-2)63(56(66)35-32-44-24-14-15-25-44)43-47-29-23-28-45-26-16-17-30-49(45)47/h5,16-17,23,26,28-30,33-34,40-41,44,46,50,55,57-58,64-65H,2,4,6-15,18-22,24-25,27,31-32,35-39,42-43H2,1,3H3,(H,61,67). The monoisotopic (exact) mass is 976 g/mol. The molecule has 71 heavy (non-hydrogen) atoms. The summed E-state index contributed by atoms with van der Waals surface area (Å²) in [5, 5.41) is 30.1. The second-order valence-corrected chi connectivity index (χ2v) is 20.8. The molecule has 11 nitrogen and oxygen atoms in total. The molecule has 6 atom stereocenters. The zero-order chi connectivity index (χ0) is 49.8. The molecule has 0 radical (unpaired) electrons. The number of nitrogens with one attached hydrogen (secondary N) is 1. The number of fused-ring (bicyclic) bond motifs is 3. The lowest BCUT2D eigenvalue weighted by Crippen LogP contribution is -2.70. The first-order chi connectivity index (χ1) is 34.8. The predicted octanol–water partition coefficient (Wildman–Crippen LogP) is 13.1. The van der Waals surface area contributed by atoms with Crippen molar-refractivity contribution in [2.75, 3.05) is 33.5 Å². The van der Waals surface area contributed by atoms with Gasteiger partial charge in [0.05, 0.1) is 18.2 Å². The van der Waals surface area contributed by atoms with E-state index in [0.29, 0.717) is 56.2 Å². The first kappa shape index (κ1) is 54.1. The molecule has 2 saturated carbocycles. The van der Waals surface area contributed by atoms with Crippen molar-refractivity contribution in [1.29, 1.82) is 0 Å². The fourth-order valence-corrected chi connectivity index (χ4v) is 12.5. The Morgan fingerprint density at radius 2 is 1.59 bits per heavy atom. The molecule has 6 unspecified atom stereocenters. The van der Waals surface area contributed by atoms with E-state index in [9.17, 15) is 15.0 Å². The summed E-state index contributed by atoms with van der Waals surface area (Å²) in [4.78, 5) is 36.6. The van der Waals surface area contributed by atoms with Gasteiger partial charge in [-0.15, -0.1) is 6.58 Å². The van der Waals surface area contributed by atoms with Crippen LogP contribution in [0.2, 0.25) is 0 Å².